The van der Waals surface area contributed by atoms with Gasteiger partial charge in [-0.25, -0.2) is 14.4 Å². The van der Waals surface area contributed by atoms with Gasteiger partial charge in [0.05, 0.1) is 10.7 Å². The van der Waals surface area contributed by atoms with Gasteiger partial charge < -0.3 is 5.32 Å². The summed E-state index contributed by atoms with van der Waals surface area (Å²) in [7, 11) is 0. The number of aryl methyl sites for hydroxylation is 1. The third-order valence-electron chi connectivity index (χ3n) is 2.48. The standard InChI is InChI=1S/C13H13ClFN3/c1-3-16-13-11(15)8(2)17-12(18-13)9-6-4-5-7-10(9)14/h4-7H,3H2,1-2H3,(H,16,17,18). The highest BCUT2D eigenvalue weighted by Crippen LogP contribution is 2.26. The molecule has 0 aliphatic heterocycles. The van der Waals surface area contributed by atoms with Gasteiger partial charge >= 0.3 is 0 Å². The third-order valence-corrected chi connectivity index (χ3v) is 2.81. The van der Waals surface area contributed by atoms with Crippen molar-refractivity contribution in [1.29, 1.82) is 0 Å². The lowest BCUT2D eigenvalue weighted by Gasteiger charge is -2.09. The first-order chi connectivity index (χ1) is 8.63. The molecule has 5 heteroatoms. The molecular weight excluding hydrogens is 253 g/mol. The molecule has 0 radical (unpaired) electrons. The van der Waals surface area contributed by atoms with E-state index in [0.29, 0.717) is 28.6 Å². The van der Waals surface area contributed by atoms with Gasteiger partial charge in [0.15, 0.2) is 17.5 Å². The molecule has 94 valence electrons. The number of halogens is 2. The molecule has 0 spiro atoms. The van der Waals surface area contributed by atoms with Gasteiger partial charge in [-0.2, -0.15) is 0 Å². The quantitative estimate of drug-likeness (QED) is 0.920. The summed E-state index contributed by atoms with van der Waals surface area (Å²) in [5.74, 6) is 0.211. The largest absolute Gasteiger partial charge is 0.368 e. The van der Waals surface area contributed by atoms with Crippen molar-refractivity contribution in [3.63, 3.8) is 0 Å². The second-order valence-corrected chi connectivity index (χ2v) is 4.21. The summed E-state index contributed by atoms with van der Waals surface area (Å²) in [4.78, 5) is 8.31. The van der Waals surface area contributed by atoms with Crippen LogP contribution in [0.2, 0.25) is 5.02 Å². The number of hydrogen-bond donors (Lipinski definition) is 1. The van der Waals surface area contributed by atoms with Gasteiger partial charge in [-0.1, -0.05) is 23.7 Å². The van der Waals surface area contributed by atoms with E-state index in [9.17, 15) is 4.39 Å². The Morgan fingerprint density at radius 1 is 1.28 bits per heavy atom. The Morgan fingerprint density at radius 2 is 2.00 bits per heavy atom. The van der Waals surface area contributed by atoms with Gasteiger partial charge in [0.1, 0.15) is 0 Å². The Kier molecular flexibility index (Phi) is 3.77. The van der Waals surface area contributed by atoms with Gasteiger partial charge in [0.2, 0.25) is 0 Å². The molecular formula is C13H13ClFN3. The summed E-state index contributed by atoms with van der Waals surface area (Å²) < 4.78 is 13.8. The number of rotatable bonds is 3. The topological polar surface area (TPSA) is 37.8 Å². The average Bonchev–Trinajstić information content (AvgIpc) is 2.35. The van der Waals surface area contributed by atoms with Crippen LogP contribution in [0, 0.1) is 12.7 Å². The Labute approximate surface area is 110 Å². The van der Waals surface area contributed by atoms with Crippen molar-refractivity contribution in [1.82, 2.24) is 9.97 Å². The smallest absolute Gasteiger partial charge is 0.186 e. The van der Waals surface area contributed by atoms with Crippen LogP contribution in [0.1, 0.15) is 12.6 Å². The van der Waals surface area contributed by atoms with Crippen LogP contribution < -0.4 is 5.32 Å². The van der Waals surface area contributed by atoms with Crippen molar-refractivity contribution in [3.05, 3.63) is 40.8 Å². The first kappa shape index (κ1) is 12.8. The zero-order chi connectivity index (χ0) is 13.1. The lowest BCUT2D eigenvalue weighted by Crippen LogP contribution is -2.06. The molecule has 18 heavy (non-hydrogen) atoms. The first-order valence-corrected chi connectivity index (χ1v) is 6.04. The Hall–Kier alpha value is -1.68. The van der Waals surface area contributed by atoms with Gasteiger partial charge in [-0.05, 0) is 26.0 Å². The fourth-order valence-electron chi connectivity index (χ4n) is 1.61. The SMILES string of the molecule is CCNc1nc(-c2ccccc2Cl)nc(C)c1F. The van der Waals surface area contributed by atoms with E-state index in [0.717, 1.165) is 0 Å². The first-order valence-electron chi connectivity index (χ1n) is 5.66. The molecule has 0 bridgehead atoms. The average molecular weight is 266 g/mol. The number of nitrogens with one attached hydrogen (secondary N) is 1. The van der Waals surface area contributed by atoms with Crippen LogP contribution in [0.25, 0.3) is 11.4 Å². The monoisotopic (exact) mass is 265 g/mol. The number of hydrogen-bond acceptors (Lipinski definition) is 3. The van der Waals surface area contributed by atoms with E-state index >= 15 is 0 Å². The van der Waals surface area contributed by atoms with Crippen molar-refractivity contribution in [2.45, 2.75) is 13.8 Å². The minimum absolute atomic E-state index is 0.208. The van der Waals surface area contributed by atoms with Gasteiger partial charge in [0.25, 0.3) is 0 Å². The van der Waals surface area contributed by atoms with Crippen LogP contribution in [-0.2, 0) is 0 Å². The molecule has 3 nitrogen and oxygen atoms in total. The Balaban J connectivity index is 2.56. The van der Waals surface area contributed by atoms with Crippen molar-refractivity contribution in [2.24, 2.45) is 0 Å². The summed E-state index contributed by atoms with van der Waals surface area (Å²) in [5.41, 5.74) is 0.997. The fourth-order valence-corrected chi connectivity index (χ4v) is 1.83. The van der Waals surface area contributed by atoms with E-state index in [1.165, 1.54) is 0 Å². The number of anilines is 1. The molecule has 1 heterocycles. The van der Waals surface area contributed by atoms with E-state index < -0.39 is 5.82 Å². The summed E-state index contributed by atoms with van der Waals surface area (Å²) in [6.07, 6.45) is 0. The van der Waals surface area contributed by atoms with Gasteiger partial charge in [-0.3, -0.25) is 0 Å². The van der Waals surface area contributed by atoms with Gasteiger partial charge in [-0.15, -0.1) is 0 Å². The minimum Gasteiger partial charge on any atom is -0.368 e. The van der Waals surface area contributed by atoms with E-state index in [2.05, 4.69) is 15.3 Å². The lowest BCUT2D eigenvalue weighted by atomic mass is 10.2. The molecule has 0 aliphatic carbocycles. The molecule has 0 atom stereocenters. The molecule has 1 aromatic carbocycles. The molecule has 2 rings (SSSR count). The van der Waals surface area contributed by atoms with Crippen LogP contribution in [0.3, 0.4) is 0 Å². The molecule has 0 fully saturated rings. The summed E-state index contributed by atoms with van der Waals surface area (Å²) in [5, 5.41) is 3.42. The predicted molar refractivity (Wildman–Crippen MR) is 71.3 cm³/mol. The maximum atomic E-state index is 13.8. The van der Waals surface area contributed by atoms with Crippen LogP contribution in [-0.4, -0.2) is 16.5 Å². The van der Waals surface area contributed by atoms with Crippen LogP contribution in [0.4, 0.5) is 10.2 Å². The highest BCUT2D eigenvalue weighted by Gasteiger charge is 2.13. The number of nitrogens with zero attached hydrogens (tertiary/aromatic N) is 2. The molecule has 1 N–H and O–H groups in total. The number of aromatic nitrogens is 2. The third kappa shape index (κ3) is 2.43. The van der Waals surface area contributed by atoms with Crippen molar-refractivity contribution in [2.75, 3.05) is 11.9 Å². The molecule has 0 aliphatic rings. The van der Waals surface area contributed by atoms with Crippen molar-refractivity contribution in [3.8, 4) is 11.4 Å². The summed E-state index contributed by atoms with van der Waals surface area (Å²) >= 11 is 6.09. The second kappa shape index (κ2) is 5.31. The zero-order valence-corrected chi connectivity index (χ0v) is 10.9. The summed E-state index contributed by atoms with van der Waals surface area (Å²) in [6, 6.07) is 7.24. The lowest BCUT2D eigenvalue weighted by molar-refractivity contribution is 0.606. The molecule has 0 amide bonds. The summed E-state index contributed by atoms with van der Waals surface area (Å²) in [6.45, 7) is 4.08. The van der Waals surface area contributed by atoms with Crippen LogP contribution in [0.5, 0.6) is 0 Å². The Morgan fingerprint density at radius 3 is 2.67 bits per heavy atom. The van der Waals surface area contributed by atoms with Gasteiger partial charge in [0, 0.05) is 12.1 Å². The Bertz CT molecular complexity index is 572. The normalized spacial score (nSPS) is 10.4. The van der Waals surface area contributed by atoms with E-state index in [4.69, 9.17) is 11.6 Å². The highest BCUT2D eigenvalue weighted by molar-refractivity contribution is 6.33. The van der Waals surface area contributed by atoms with Crippen LogP contribution in [0.15, 0.2) is 24.3 Å². The van der Waals surface area contributed by atoms with Crippen molar-refractivity contribution < 1.29 is 4.39 Å². The molecule has 2 aromatic rings. The highest BCUT2D eigenvalue weighted by atomic mass is 35.5. The van der Waals surface area contributed by atoms with Crippen LogP contribution >= 0.6 is 11.6 Å². The molecule has 1 aromatic heterocycles. The van der Waals surface area contributed by atoms with Crippen molar-refractivity contribution >= 4 is 17.4 Å². The fraction of sp³-hybridized carbons (Fsp3) is 0.231. The predicted octanol–water partition coefficient (Wildman–Crippen LogP) is 3.68. The molecule has 0 saturated carbocycles. The molecule has 0 unspecified atom stereocenters. The van der Waals surface area contributed by atoms with E-state index in [-0.39, 0.29) is 5.82 Å². The maximum Gasteiger partial charge on any atom is 0.186 e. The van der Waals surface area contributed by atoms with E-state index in [1.54, 1.807) is 13.0 Å². The van der Waals surface area contributed by atoms with E-state index in [1.807, 2.05) is 25.1 Å². The second-order valence-electron chi connectivity index (χ2n) is 3.81. The minimum atomic E-state index is -0.423. The number of benzene rings is 1. The maximum absolute atomic E-state index is 13.8. The molecule has 0 saturated heterocycles. The zero-order valence-electron chi connectivity index (χ0n) is 10.2.